The molecule has 0 saturated heterocycles. The SMILES string of the molecule is CCCCOC1CON=C1c1cc(Cl)ccc1O[C@@H](C)C(=O)OC(C)(C)C. The van der Waals surface area contributed by atoms with E-state index in [2.05, 4.69) is 12.1 Å². The molecule has 1 aliphatic rings. The van der Waals surface area contributed by atoms with Gasteiger partial charge in [0.15, 0.2) is 6.10 Å². The second-order valence-corrected chi connectivity index (χ2v) is 7.86. The highest BCUT2D eigenvalue weighted by Gasteiger charge is 2.30. The van der Waals surface area contributed by atoms with Gasteiger partial charge in [0.1, 0.15) is 29.8 Å². The normalized spacial score (nSPS) is 17.9. The lowest BCUT2D eigenvalue weighted by Gasteiger charge is -2.23. The molecule has 2 rings (SSSR count). The Hall–Kier alpha value is -1.79. The van der Waals surface area contributed by atoms with Crippen molar-refractivity contribution in [2.75, 3.05) is 13.2 Å². The minimum Gasteiger partial charge on any atom is -0.478 e. The quantitative estimate of drug-likeness (QED) is 0.481. The fraction of sp³-hybridized carbons (Fsp3) is 0.600. The maximum atomic E-state index is 12.2. The largest absolute Gasteiger partial charge is 0.478 e. The first-order valence-corrected chi connectivity index (χ1v) is 9.60. The molecule has 6 nitrogen and oxygen atoms in total. The predicted octanol–water partition coefficient (Wildman–Crippen LogP) is 4.37. The van der Waals surface area contributed by atoms with E-state index >= 15 is 0 Å². The van der Waals surface area contributed by atoms with Crippen molar-refractivity contribution in [3.8, 4) is 5.75 Å². The molecule has 1 aromatic carbocycles. The van der Waals surface area contributed by atoms with Crippen LogP contribution in [0.2, 0.25) is 5.02 Å². The number of rotatable bonds is 8. The number of nitrogens with zero attached hydrogens (tertiary/aromatic N) is 1. The molecular formula is C20H28ClNO5. The number of hydrogen-bond donors (Lipinski definition) is 0. The van der Waals surface area contributed by atoms with Crippen molar-refractivity contribution in [2.24, 2.45) is 5.16 Å². The monoisotopic (exact) mass is 397 g/mol. The number of carbonyl (C=O) groups is 1. The Labute approximate surface area is 165 Å². The van der Waals surface area contributed by atoms with Crippen molar-refractivity contribution >= 4 is 23.3 Å². The van der Waals surface area contributed by atoms with E-state index in [0.29, 0.717) is 35.3 Å². The second kappa shape index (κ2) is 9.42. The first-order chi connectivity index (χ1) is 12.7. The van der Waals surface area contributed by atoms with E-state index in [0.717, 1.165) is 12.8 Å². The van der Waals surface area contributed by atoms with Gasteiger partial charge in [-0.25, -0.2) is 4.79 Å². The van der Waals surface area contributed by atoms with Crippen molar-refractivity contribution < 1.29 is 23.8 Å². The highest BCUT2D eigenvalue weighted by molar-refractivity contribution is 6.31. The van der Waals surface area contributed by atoms with E-state index in [1.165, 1.54) is 0 Å². The summed E-state index contributed by atoms with van der Waals surface area (Å²) in [7, 11) is 0. The van der Waals surface area contributed by atoms with Crippen LogP contribution in [0.15, 0.2) is 23.4 Å². The molecule has 1 heterocycles. The Kier molecular flexibility index (Phi) is 7.50. The summed E-state index contributed by atoms with van der Waals surface area (Å²) in [5.74, 6) is 0.0369. The van der Waals surface area contributed by atoms with Crippen molar-refractivity contribution in [1.82, 2.24) is 0 Å². The Morgan fingerprint density at radius 2 is 2.15 bits per heavy atom. The Balaban J connectivity index is 2.18. The summed E-state index contributed by atoms with van der Waals surface area (Å²) in [6.07, 6.45) is 0.915. The Morgan fingerprint density at radius 3 is 2.81 bits per heavy atom. The average Bonchev–Trinajstić information content (AvgIpc) is 3.03. The average molecular weight is 398 g/mol. The molecule has 0 bridgehead atoms. The van der Waals surface area contributed by atoms with Crippen LogP contribution in [0.25, 0.3) is 0 Å². The van der Waals surface area contributed by atoms with Gasteiger partial charge in [0, 0.05) is 17.2 Å². The van der Waals surface area contributed by atoms with E-state index < -0.39 is 17.7 Å². The third-order valence-electron chi connectivity index (χ3n) is 3.77. The Bertz CT molecular complexity index is 683. The van der Waals surface area contributed by atoms with E-state index in [9.17, 15) is 4.79 Å². The molecule has 0 aliphatic carbocycles. The van der Waals surface area contributed by atoms with Gasteiger partial charge in [-0.1, -0.05) is 30.1 Å². The lowest BCUT2D eigenvalue weighted by molar-refractivity contribution is -0.162. The molecule has 0 fully saturated rings. The van der Waals surface area contributed by atoms with Crippen LogP contribution in [-0.2, 0) is 19.1 Å². The van der Waals surface area contributed by atoms with Gasteiger partial charge in [-0.2, -0.15) is 0 Å². The van der Waals surface area contributed by atoms with Crippen LogP contribution in [-0.4, -0.2) is 42.7 Å². The molecule has 27 heavy (non-hydrogen) atoms. The van der Waals surface area contributed by atoms with Crippen molar-refractivity contribution in [3.63, 3.8) is 0 Å². The maximum Gasteiger partial charge on any atom is 0.347 e. The molecule has 0 radical (unpaired) electrons. The molecule has 150 valence electrons. The molecule has 7 heteroatoms. The molecule has 0 spiro atoms. The fourth-order valence-corrected chi connectivity index (χ4v) is 2.63. The van der Waals surface area contributed by atoms with Crippen molar-refractivity contribution in [2.45, 2.75) is 65.3 Å². The summed E-state index contributed by atoms with van der Waals surface area (Å²) in [5, 5.41) is 4.65. The van der Waals surface area contributed by atoms with Gasteiger partial charge in [-0.15, -0.1) is 0 Å². The molecule has 1 unspecified atom stereocenters. The van der Waals surface area contributed by atoms with Crippen LogP contribution in [0.4, 0.5) is 0 Å². The number of carbonyl (C=O) groups excluding carboxylic acids is 1. The first kappa shape index (κ1) is 21.5. The van der Waals surface area contributed by atoms with Gasteiger partial charge < -0.3 is 19.0 Å². The standard InChI is InChI=1S/C20H28ClNO5/c1-6-7-10-24-17-12-25-22-18(17)15-11-14(21)8-9-16(15)26-13(2)19(23)27-20(3,4)5/h8-9,11,13,17H,6-7,10,12H2,1-5H3/t13-,17?/m0/s1. The lowest BCUT2D eigenvalue weighted by atomic mass is 10.0. The molecule has 0 amide bonds. The minimum absolute atomic E-state index is 0.297. The van der Waals surface area contributed by atoms with E-state index in [4.69, 9.17) is 30.6 Å². The van der Waals surface area contributed by atoms with Crippen LogP contribution < -0.4 is 4.74 Å². The van der Waals surface area contributed by atoms with Gasteiger partial charge in [0.05, 0.1) is 0 Å². The maximum absolute atomic E-state index is 12.2. The summed E-state index contributed by atoms with van der Waals surface area (Å²) in [4.78, 5) is 17.5. The zero-order valence-corrected chi connectivity index (χ0v) is 17.3. The molecule has 1 aromatic rings. The molecule has 1 aliphatic heterocycles. The molecule has 0 aromatic heterocycles. The summed E-state index contributed by atoms with van der Waals surface area (Å²) < 4.78 is 17.1. The molecule has 0 saturated carbocycles. The highest BCUT2D eigenvalue weighted by atomic mass is 35.5. The summed E-state index contributed by atoms with van der Waals surface area (Å²) in [5.41, 5.74) is 0.677. The van der Waals surface area contributed by atoms with Crippen LogP contribution in [0.1, 0.15) is 53.0 Å². The number of unbranched alkanes of at least 4 members (excludes halogenated alkanes) is 1. The van der Waals surface area contributed by atoms with Crippen LogP contribution in [0, 0.1) is 0 Å². The van der Waals surface area contributed by atoms with Gasteiger partial charge >= 0.3 is 5.97 Å². The van der Waals surface area contributed by atoms with Crippen LogP contribution in [0.5, 0.6) is 5.75 Å². The summed E-state index contributed by atoms with van der Waals surface area (Å²) in [6.45, 7) is 10.1. The number of halogens is 1. The molecular weight excluding hydrogens is 370 g/mol. The Morgan fingerprint density at radius 1 is 1.41 bits per heavy atom. The van der Waals surface area contributed by atoms with Crippen LogP contribution >= 0.6 is 11.6 Å². The van der Waals surface area contributed by atoms with E-state index in [1.807, 2.05) is 20.8 Å². The number of ether oxygens (including phenoxy) is 3. The lowest BCUT2D eigenvalue weighted by Crippen LogP contribution is -2.34. The van der Waals surface area contributed by atoms with Gasteiger partial charge in [0.25, 0.3) is 0 Å². The summed E-state index contributed by atoms with van der Waals surface area (Å²) in [6, 6.07) is 5.15. The smallest absolute Gasteiger partial charge is 0.347 e. The van der Waals surface area contributed by atoms with Gasteiger partial charge in [-0.3, -0.25) is 0 Å². The van der Waals surface area contributed by atoms with Crippen LogP contribution in [0.3, 0.4) is 0 Å². The number of oxime groups is 1. The molecule has 2 atom stereocenters. The summed E-state index contributed by atoms with van der Waals surface area (Å²) >= 11 is 6.17. The third-order valence-corrected chi connectivity index (χ3v) is 4.01. The zero-order chi connectivity index (χ0) is 20.0. The van der Waals surface area contributed by atoms with Gasteiger partial charge in [-0.05, 0) is 52.3 Å². The highest BCUT2D eigenvalue weighted by Crippen LogP contribution is 2.28. The predicted molar refractivity (Wildman–Crippen MR) is 105 cm³/mol. The number of benzene rings is 1. The number of esters is 1. The second-order valence-electron chi connectivity index (χ2n) is 7.42. The topological polar surface area (TPSA) is 66.3 Å². The minimum atomic E-state index is -0.786. The van der Waals surface area contributed by atoms with E-state index in [-0.39, 0.29) is 6.10 Å². The molecule has 0 N–H and O–H groups in total. The van der Waals surface area contributed by atoms with Crippen molar-refractivity contribution in [1.29, 1.82) is 0 Å². The fourth-order valence-electron chi connectivity index (χ4n) is 2.46. The zero-order valence-electron chi connectivity index (χ0n) is 16.6. The first-order valence-electron chi connectivity index (χ1n) is 9.22. The van der Waals surface area contributed by atoms with E-state index in [1.54, 1.807) is 25.1 Å². The number of hydrogen-bond acceptors (Lipinski definition) is 6. The third kappa shape index (κ3) is 6.40. The van der Waals surface area contributed by atoms with Crippen molar-refractivity contribution in [3.05, 3.63) is 28.8 Å². The van der Waals surface area contributed by atoms with Gasteiger partial charge in [0.2, 0.25) is 0 Å².